The van der Waals surface area contributed by atoms with E-state index < -0.39 is 46.2 Å². The van der Waals surface area contributed by atoms with Gasteiger partial charge in [0.25, 0.3) is 10.0 Å². The predicted octanol–water partition coefficient (Wildman–Crippen LogP) is 5.89. The van der Waals surface area contributed by atoms with Crippen LogP contribution in [-0.4, -0.2) is 43.8 Å². The highest BCUT2D eigenvalue weighted by Gasteiger charge is 2.36. The van der Waals surface area contributed by atoms with Gasteiger partial charge < -0.3 is 10.2 Å². The number of sulfonamides is 1. The molecule has 0 saturated carbocycles. The van der Waals surface area contributed by atoms with E-state index in [1.54, 1.807) is 51.1 Å². The molecule has 0 aliphatic carbocycles. The Hall–Kier alpha value is -3.57. The first kappa shape index (κ1) is 32.0. The van der Waals surface area contributed by atoms with Crippen LogP contribution in [0.2, 0.25) is 5.02 Å². The Kier molecular flexibility index (Phi) is 10.4. The number of benzene rings is 3. The van der Waals surface area contributed by atoms with E-state index in [0.717, 1.165) is 12.1 Å². The maximum atomic E-state index is 14.0. The van der Waals surface area contributed by atoms with E-state index in [1.807, 2.05) is 0 Å². The molecule has 0 saturated heterocycles. The van der Waals surface area contributed by atoms with E-state index in [2.05, 4.69) is 5.32 Å². The molecule has 0 aliphatic heterocycles. The van der Waals surface area contributed by atoms with Crippen molar-refractivity contribution < 1.29 is 31.2 Å². The van der Waals surface area contributed by atoms with E-state index in [9.17, 15) is 31.2 Å². The molecule has 0 unspecified atom stereocenters. The number of rotatable bonds is 11. The van der Waals surface area contributed by atoms with Crippen LogP contribution in [0.1, 0.15) is 38.3 Å². The van der Waals surface area contributed by atoms with Gasteiger partial charge in [-0.1, -0.05) is 61.0 Å². The number of alkyl halides is 3. The Morgan fingerprint density at radius 1 is 0.951 bits per heavy atom. The van der Waals surface area contributed by atoms with Gasteiger partial charge in [0, 0.05) is 17.6 Å². The van der Waals surface area contributed by atoms with E-state index in [4.69, 9.17) is 11.6 Å². The summed E-state index contributed by atoms with van der Waals surface area (Å²) in [4.78, 5) is 28.1. The molecule has 3 rings (SSSR count). The minimum atomic E-state index is -4.75. The van der Waals surface area contributed by atoms with Crippen molar-refractivity contribution in [3.63, 3.8) is 0 Å². The van der Waals surface area contributed by atoms with Crippen molar-refractivity contribution in [2.45, 2.75) is 56.9 Å². The fourth-order valence-electron chi connectivity index (χ4n) is 4.20. The number of anilines is 1. The lowest BCUT2D eigenvalue weighted by Crippen LogP contribution is -2.53. The molecule has 0 aromatic heterocycles. The molecule has 3 aromatic rings. The largest absolute Gasteiger partial charge is 0.416 e. The minimum absolute atomic E-state index is 0.135. The molecule has 1 N–H and O–H groups in total. The van der Waals surface area contributed by atoms with Crippen molar-refractivity contribution in [2.75, 3.05) is 10.8 Å². The third-order valence-electron chi connectivity index (χ3n) is 6.19. The van der Waals surface area contributed by atoms with Crippen molar-refractivity contribution >= 4 is 39.1 Å². The number of hydrogen-bond acceptors (Lipinski definition) is 4. The first-order chi connectivity index (χ1) is 19.3. The van der Waals surface area contributed by atoms with Gasteiger partial charge in [-0.05, 0) is 62.2 Å². The Labute approximate surface area is 243 Å². The van der Waals surface area contributed by atoms with Gasteiger partial charge in [-0.3, -0.25) is 13.9 Å². The normalized spacial score (nSPS) is 12.6. The maximum absolute atomic E-state index is 14.0. The number of halogens is 4. The molecular weight excluding hydrogens is 579 g/mol. The number of hydrogen-bond donors (Lipinski definition) is 1. The van der Waals surface area contributed by atoms with Crippen LogP contribution < -0.4 is 9.62 Å². The zero-order valence-electron chi connectivity index (χ0n) is 22.7. The van der Waals surface area contributed by atoms with Crippen molar-refractivity contribution in [1.29, 1.82) is 0 Å². The third kappa shape index (κ3) is 8.01. The Morgan fingerprint density at radius 3 is 2.17 bits per heavy atom. The number of amides is 2. The smallest absolute Gasteiger partial charge is 0.352 e. The molecule has 0 spiro atoms. The van der Waals surface area contributed by atoms with E-state index in [0.29, 0.717) is 21.0 Å². The molecule has 3 aromatic carbocycles. The van der Waals surface area contributed by atoms with Gasteiger partial charge in [0.1, 0.15) is 12.6 Å². The summed E-state index contributed by atoms with van der Waals surface area (Å²) in [6.45, 7) is 4.21. The number of carbonyl (C=O) groups is 2. The van der Waals surface area contributed by atoms with Crippen LogP contribution in [0.3, 0.4) is 0 Å². The van der Waals surface area contributed by atoms with Crippen LogP contribution in [0, 0.1) is 0 Å². The number of carbonyl (C=O) groups excluding carboxylic acids is 2. The second kappa shape index (κ2) is 13.4. The molecule has 220 valence electrons. The van der Waals surface area contributed by atoms with Gasteiger partial charge >= 0.3 is 6.18 Å². The van der Waals surface area contributed by atoms with Gasteiger partial charge in [0.2, 0.25) is 11.8 Å². The monoisotopic (exact) mass is 609 g/mol. The van der Waals surface area contributed by atoms with Crippen molar-refractivity contribution in [3.05, 3.63) is 95.0 Å². The fraction of sp³-hybridized carbons (Fsp3) is 0.310. The van der Waals surface area contributed by atoms with Crippen LogP contribution in [-0.2, 0) is 32.3 Å². The maximum Gasteiger partial charge on any atom is 0.416 e. The second-order valence-electron chi connectivity index (χ2n) is 9.57. The standard InChI is InChI=1S/C29H31ClF3N3O4S/c1-4-26(28(38)34-20(2)3)35(18-21-11-8-9-16-25(21)30)27(37)19-36(41(39,40)24-14-6-5-7-15-24)23-13-10-12-22(17-23)29(31,32)33/h5-17,20,26H,4,18-19H2,1-3H3,(H,34,38)/t26-/m0/s1. The third-order valence-corrected chi connectivity index (χ3v) is 8.34. The zero-order valence-corrected chi connectivity index (χ0v) is 24.3. The van der Waals surface area contributed by atoms with E-state index in [1.165, 1.54) is 35.2 Å². The number of nitrogens with zero attached hydrogens (tertiary/aromatic N) is 2. The summed E-state index contributed by atoms with van der Waals surface area (Å²) in [6.07, 6.45) is -4.57. The lowest BCUT2D eigenvalue weighted by molar-refractivity contribution is -0.140. The van der Waals surface area contributed by atoms with Crippen LogP contribution in [0.25, 0.3) is 0 Å². The first-order valence-corrected chi connectivity index (χ1v) is 14.7. The van der Waals surface area contributed by atoms with E-state index >= 15 is 0 Å². The minimum Gasteiger partial charge on any atom is -0.352 e. The van der Waals surface area contributed by atoms with Crippen LogP contribution >= 0.6 is 11.6 Å². The SMILES string of the molecule is CC[C@@H](C(=O)NC(C)C)N(Cc1ccccc1Cl)C(=O)CN(c1cccc(C(F)(F)F)c1)S(=O)(=O)c1ccccc1. The Balaban J connectivity index is 2.12. The molecule has 7 nitrogen and oxygen atoms in total. The second-order valence-corrected chi connectivity index (χ2v) is 11.8. The molecular formula is C29H31ClF3N3O4S. The molecule has 0 aliphatic rings. The number of nitrogens with one attached hydrogen (secondary N) is 1. The van der Waals surface area contributed by atoms with Crippen molar-refractivity contribution in [2.24, 2.45) is 0 Å². The topological polar surface area (TPSA) is 86.8 Å². The molecule has 0 bridgehead atoms. The Bertz CT molecular complexity index is 1470. The fourth-order valence-corrected chi connectivity index (χ4v) is 5.82. The van der Waals surface area contributed by atoms with Crippen molar-refractivity contribution in [1.82, 2.24) is 10.2 Å². The van der Waals surface area contributed by atoms with Gasteiger partial charge in [-0.25, -0.2) is 8.42 Å². The van der Waals surface area contributed by atoms with Gasteiger partial charge in [-0.2, -0.15) is 13.2 Å². The highest BCUT2D eigenvalue weighted by molar-refractivity contribution is 7.92. The lowest BCUT2D eigenvalue weighted by Gasteiger charge is -2.33. The molecule has 2 amide bonds. The van der Waals surface area contributed by atoms with Crippen molar-refractivity contribution in [3.8, 4) is 0 Å². The summed E-state index contributed by atoms with van der Waals surface area (Å²) in [5.41, 5.74) is -0.921. The summed E-state index contributed by atoms with van der Waals surface area (Å²) < 4.78 is 68.8. The first-order valence-electron chi connectivity index (χ1n) is 12.8. The zero-order chi connectivity index (χ0) is 30.4. The highest BCUT2D eigenvalue weighted by atomic mass is 35.5. The van der Waals surface area contributed by atoms with Crippen LogP contribution in [0.4, 0.5) is 18.9 Å². The summed E-state index contributed by atoms with van der Waals surface area (Å²) in [5.74, 6) is -1.26. The summed E-state index contributed by atoms with van der Waals surface area (Å²) in [6, 6.07) is 16.3. The summed E-state index contributed by atoms with van der Waals surface area (Å²) in [7, 11) is -4.51. The average molecular weight is 610 g/mol. The van der Waals surface area contributed by atoms with Gasteiger partial charge in [0.05, 0.1) is 16.1 Å². The van der Waals surface area contributed by atoms with Crippen LogP contribution in [0.5, 0.6) is 0 Å². The average Bonchev–Trinajstić information content (AvgIpc) is 2.92. The van der Waals surface area contributed by atoms with Gasteiger partial charge in [-0.15, -0.1) is 0 Å². The predicted molar refractivity (Wildman–Crippen MR) is 152 cm³/mol. The van der Waals surface area contributed by atoms with Crippen LogP contribution in [0.15, 0.2) is 83.8 Å². The van der Waals surface area contributed by atoms with Gasteiger partial charge in [0.15, 0.2) is 0 Å². The molecule has 12 heteroatoms. The highest BCUT2D eigenvalue weighted by Crippen LogP contribution is 2.33. The van der Waals surface area contributed by atoms with E-state index in [-0.39, 0.29) is 29.6 Å². The molecule has 0 fully saturated rings. The molecule has 0 radical (unpaired) electrons. The molecule has 0 heterocycles. The summed E-state index contributed by atoms with van der Waals surface area (Å²) >= 11 is 6.35. The summed E-state index contributed by atoms with van der Waals surface area (Å²) in [5, 5.41) is 3.10. The quantitative estimate of drug-likeness (QED) is 0.294. The lowest BCUT2D eigenvalue weighted by atomic mass is 10.1. The Morgan fingerprint density at radius 2 is 1.59 bits per heavy atom. The molecule has 41 heavy (non-hydrogen) atoms. The molecule has 1 atom stereocenters.